The first kappa shape index (κ1) is 11.9. The number of anilines is 1. The van der Waals surface area contributed by atoms with Crippen LogP contribution in [0.15, 0.2) is 23.2 Å². The van der Waals surface area contributed by atoms with Crippen LogP contribution in [0.1, 0.15) is 12.5 Å². The molecule has 1 amide bonds. The van der Waals surface area contributed by atoms with Crippen LogP contribution >= 0.6 is 11.6 Å². The van der Waals surface area contributed by atoms with Gasteiger partial charge in [-0.2, -0.15) is 0 Å². The molecule has 1 aliphatic heterocycles. The Morgan fingerprint density at radius 1 is 1.59 bits per heavy atom. The predicted octanol–water partition coefficient (Wildman–Crippen LogP) is 1.82. The molecule has 0 radical (unpaired) electrons. The molecule has 2 N–H and O–H groups in total. The van der Waals surface area contributed by atoms with Gasteiger partial charge in [-0.3, -0.25) is 4.79 Å². The second-order valence-corrected chi connectivity index (χ2v) is 4.24. The average molecular weight is 252 g/mol. The van der Waals surface area contributed by atoms with E-state index in [1.54, 1.807) is 11.8 Å². The Morgan fingerprint density at radius 3 is 3.00 bits per heavy atom. The highest BCUT2D eigenvalue weighted by Crippen LogP contribution is 2.31. The van der Waals surface area contributed by atoms with Crippen LogP contribution in [-0.4, -0.2) is 24.2 Å². The highest BCUT2D eigenvalue weighted by Gasteiger charge is 2.21. The van der Waals surface area contributed by atoms with Gasteiger partial charge in [0.25, 0.3) is 0 Å². The van der Waals surface area contributed by atoms with Crippen LogP contribution in [0, 0.1) is 0 Å². The minimum Gasteiger partial charge on any atom is -0.386 e. The van der Waals surface area contributed by atoms with E-state index in [2.05, 4.69) is 4.99 Å². The second-order valence-electron chi connectivity index (χ2n) is 3.97. The van der Waals surface area contributed by atoms with Gasteiger partial charge < -0.3 is 10.6 Å². The Kier molecular flexibility index (Phi) is 3.33. The normalized spacial score (nSPS) is 14.9. The third-order valence-electron chi connectivity index (χ3n) is 2.75. The molecule has 17 heavy (non-hydrogen) atoms. The van der Waals surface area contributed by atoms with Gasteiger partial charge in [0.1, 0.15) is 5.84 Å². The van der Waals surface area contributed by atoms with Gasteiger partial charge in [-0.05, 0) is 30.2 Å². The Labute approximate surface area is 105 Å². The zero-order chi connectivity index (χ0) is 12.4. The number of carbonyl (C=O) groups is 1. The molecule has 5 heteroatoms. The predicted molar refractivity (Wildman–Crippen MR) is 70.2 cm³/mol. The molecule has 1 aromatic rings. The van der Waals surface area contributed by atoms with E-state index in [4.69, 9.17) is 17.3 Å². The fourth-order valence-electron chi connectivity index (χ4n) is 1.98. The molecule has 0 atom stereocenters. The lowest BCUT2D eigenvalue weighted by atomic mass is 10.1. The van der Waals surface area contributed by atoms with Crippen LogP contribution in [-0.2, 0) is 11.2 Å². The molecular weight excluding hydrogens is 238 g/mol. The molecule has 2 rings (SSSR count). The van der Waals surface area contributed by atoms with Crippen LogP contribution in [0.5, 0.6) is 0 Å². The number of alkyl halides is 1. The lowest BCUT2D eigenvalue weighted by Gasteiger charge is -2.14. The Balaban J connectivity index is 2.31. The van der Waals surface area contributed by atoms with Gasteiger partial charge in [0, 0.05) is 19.2 Å². The van der Waals surface area contributed by atoms with Crippen LogP contribution < -0.4 is 10.6 Å². The minimum atomic E-state index is 0.0697. The lowest BCUT2D eigenvalue weighted by molar-refractivity contribution is -0.116. The van der Waals surface area contributed by atoms with Crippen molar-refractivity contribution in [1.29, 1.82) is 0 Å². The van der Waals surface area contributed by atoms with E-state index in [0.717, 1.165) is 29.9 Å². The van der Waals surface area contributed by atoms with E-state index in [1.165, 1.54) is 0 Å². The van der Waals surface area contributed by atoms with Gasteiger partial charge in [-0.15, -0.1) is 11.6 Å². The SMILES string of the molecule is CC(=O)N1CCc2cc(N=C(N)CCl)ccc21. The van der Waals surface area contributed by atoms with Gasteiger partial charge >= 0.3 is 0 Å². The number of benzene rings is 1. The largest absolute Gasteiger partial charge is 0.386 e. The molecule has 90 valence electrons. The van der Waals surface area contributed by atoms with Crippen molar-refractivity contribution in [3.8, 4) is 0 Å². The summed E-state index contributed by atoms with van der Waals surface area (Å²) in [4.78, 5) is 17.3. The zero-order valence-electron chi connectivity index (χ0n) is 9.61. The fraction of sp³-hybridized carbons (Fsp3) is 0.333. The summed E-state index contributed by atoms with van der Waals surface area (Å²) in [5.41, 5.74) is 8.47. The molecule has 1 heterocycles. The van der Waals surface area contributed by atoms with E-state index >= 15 is 0 Å². The summed E-state index contributed by atoms with van der Waals surface area (Å²) >= 11 is 5.58. The second kappa shape index (κ2) is 4.75. The summed E-state index contributed by atoms with van der Waals surface area (Å²) in [5.74, 6) is 0.685. The zero-order valence-corrected chi connectivity index (χ0v) is 10.4. The average Bonchev–Trinajstić information content (AvgIpc) is 2.71. The Bertz CT molecular complexity index is 485. The summed E-state index contributed by atoms with van der Waals surface area (Å²) in [6.45, 7) is 2.31. The van der Waals surface area contributed by atoms with Crippen molar-refractivity contribution in [1.82, 2.24) is 0 Å². The number of hydrogen-bond acceptors (Lipinski definition) is 2. The molecule has 0 aliphatic carbocycles. The molecule has 0 unspecified atom stereocenters. The molecule has 4 nitrogen and oxygen atoms in total. The molecule has 0 saturated heterocycles. The van der Waals surface area contributed by atoms with Gasteiger partial charge in [0.15, 0.2) is 0 Å². The van der Waals surface area contributed by atoms with Gasteiger partial charge in [0.05, 0.1) is 11.6 Å². The first-order valence-corrected chi connectivity index (χ1v) is 5.95. The third kappa shape index (κ3) is 2.42. The van der Waals surface area contributed by atoms with Gasteiger partial charge in [0.2, 0.25) is 5.91 Å². The number of halogens is 1. The van der Waals surface area contributed by atoms with E-state index in [-0.39, 0.29) is 11.8 Å². The third-order valence-corrected chi connectivity index (χ3v) is 3.02. The molecule has 0 saturated carbocycles. The van der Waals surface area contributed by atoms with Crippen molar-refractivity contribution >= 4 is 34.7 Å². The molecule has 1 aromatic carbocycles. The van der Waals surface area contributed by atoms with Crippen molar-refractivity contribution < 1.29 is 4.79 Å². The first-order chi connectivity index (χ1) is 8.11. The molecule has 0 bridgehead atoms. The van der Waals surface area contributed by atoms with Crippen LogP contribution in [0.4, 0.5) is 11.4 Å². The number of amides is 1. The smallest absolute Gasteiger partial charge is 0.223 e. The fourth-order valence-corrected chi connectivity index (χ4v) is 2.04. The Hall–Kier alpha value is -1.55. The number of carbonyl (C=O) groups excluding carboxylic acids is 1. The minimum absolute atomic E-state index is 0.0697. The summed E-state index contributed by atoms with van der Waals surface area (Å²) in [7, 11) is 0. The highest BCUT2D eigenvalue weighted by molar-refractivity contribution is 6.28. The molecule has 0 aromatic heterocycles. The number of nitrogens with two attached hydrogens (primary N) is 1. The first-order valence-electron chi connectivity index (χ1n) is 5.42. The number of fused-ring (bicyclic) bond motifs is 1. The van der Waals surface area contributed by atoms with Crippen molar-refractivity contribution in [2.45, 2.75) is 13.3 Å². The molecular formula is C12H14ClN3O. The maximum Gasteiger partial charge on any atom is 0.223 e. The number of hydrogen-bond donors (Lipinski definition) is 1. The number of amidine groups is 1. The molecule has 0 fully saturated rings. The topological polar surface area (TPSA) is 58.7 Å². The number of nitrogens with zero attached hydrogens (tertiary/aromatic N) is 2. The van der Waals surface area contributed by atoms with Crippen LogP contribution in [0.2, 0.25) is 0 Å². The number of aliphatic imine (C=N–C) groups is 1. The van der Waals surface area contributed by atoms with E-state index in [9.17, 15) is 4.79 Å². The van der Waals surface area contributed by atoms with Gasteiger partial charge in [-0.25, -0.2) is 4.99 Å². The van der Waals surface area contributed by atoms with Crippen molar-refractivity contribution in [2.24, 2.45) is 10.7 Å². The lowest BCUT2D eigenvalue weighted by Crippen LogP contribution is -2.25. The van der Waals surface area contributed by atoms with Crippen molar-refractivity contribution in [3.63, 3.8) is 0 Å². The quantitative estimate of drug-likeness (QED) is 0.495. The Morgan fingerprint density at radius 2 is 2.35 bits per heavy atom. The van der Waals surface area contributed by atoms with E-state index in [0.29, 0.717) is 5.84 Å². The summed E-state index contributed by atoms with van der Waals surface area (Å²) in [5, 5.41) is 0. The van der Waals surface area contributed by atoms with Crippen molar-refractivity contribution in [2.75, 3.05) is 17.3 Å². The van der Waals surface area contributed by atoms with E-state index < -0.39 is 0 Å². The molecule has 1 aliphatic rings. The van der Waals surface area contributed by atoms with E-state index in [1.807, 2.05) is 18.2 Å². The van der Waals surface area contributed by atoms with Crippen LogP contribution in [0.25, 0.3) is 0 Å². The maximum atomic E-state index is 11.4. The van der Waals surface area contributed by atoms with Crippen molar-refractivity contribution in [3.05, 3.63) is 23.8 Å². The summed E-state index contributed by atoms with van der Waals surface area (Å²) in [6.07, 6.45) is 0.860. The number of rotatable bonds is 2. The summed E-state index contributed by atoms with van der Waals surface area (Å²) < 4.78 is 0. The molecule has 0 spiro atoms. The van der Waals surface area contributed by atoms with Crippen LogP contribution in [0.3, 0.4) is 0 Å². The van der Waals surface area contributed by atoms with Gasteiger partial charge in [-0.1, -0.05) is 0 Å². The standard InChI is InChI=1S/C12H14ClN3O/c1-8(17)16-5-4-9-6-10(2-3-11(9)16)15-12(14)7-13/h2-3,6H,4-5,7H2,1H3,(H2,14,15). The summed E-state index contributed by atoms with van der Waals surface area (Å²) in [6, 6.07) is 5.71. The maximum absolute atomic E-state index is 11.4. The monoisotopic (exact) mass is 251 g/mol. The highest BCUT2D eigenvalue weighted by atomic mass is 35.5.